The van der Waals surface area contributed by atoms with Crippen LogP contribution < -0.4 is 4.90 Å². The Balaban J connectivity index is 1.08. The molecule has 4 aromatic heterocycles. The van der Waals surface area contributed by atoms with E-state index in [1.165, 1.54) is 12.1 Å². The minimum Gasteiger partial charge on any atom is -0.388 e. The second kappa shape index (κ2) is 10.4. The molecule has 12 heteroatoms. The van der Waals surface area contributed by atoms with Crippen molar-refractivity contribution in [3.8, 4) is 11.1 Å². The smallest absolute Gasteiger partial charge is 0.156 e. The van der Waals surface area contributed by atoms with Crippen molar-refractivity contribution in [2.24, 2.45) is 0 Å². The first-order chi connectivity index (χ1) is 20.4. The number of ether oxygens (including phenoxy) is 1. The Morgan fingerprint density at radius 2 is 1.79 bits per heavy atom. The van der Waals surface area contributed by atoms with Crippen LogP contribution in [0, 0.1) is 5.82 Å². The van der Waals surface area contributed by atoms with Crippen LogP contribution in [0.15, 0.2) is 73.7 Å². The maximum Gasteiger partial charge on any atom is 0.156 e. The van der Waals surface area contributed by atoms with Crippen molar-refractivity contribution in [3.05, 3.63) is 96.5 Å². The SMILES string of the molecule is C[C@](O)(c1ccc(F)cc1)c1cnc(C2=CCN(c3ncnn4cc(-c5cnn([C@H]6COC[C@H]6O)c5)cc34)CC2)nc1. The number of hydrogen-bond donors (Lipinski definition) is 2. The fraction of sp³-hybridized carbons (Fsp3) is 0.300. The largest absolute Gasteiger partial charge is 0.388 e. The molecule has 0 unspecified atom stereocenters. The third kappa shape index (κ3) is 4.73. The molecule has 0 radical (unpaired) electrons. The molecule has 2 aliphatic heterocycles. The van der Waals surface area contributed by atoms with Crippen molar-refractivity contribution in [2.45, 2.75) is 31.1 Å². The number of hydrogen-bond acceptors (Lipinski definition) is 9. The lowest BCUT2D eigenvalue weighted by Gasteiger charge is -2.27. The summed E-state index contributed by atoms with van der Waals surface area (Å²) in [6.45, 7) is 3.74. The zero-order valence-electron chi connectivity index (χ0n) is 22.9. The lowest BCUT2D eigenvalue weighted by molar-refractivity contribution is 0.101. The highest BCUT2D eigenvalue weighted by Gasteiger charge is 2.29. The molecule has 1 aromatic carbocycles. The zero-order valence-corrected chi connectivity index (χ0v) is 22.9. The second-order valence-electron chi connectivity index (χ2n) is 10.8. The van der Waals surface area contributed by atoms with Crippen molar-refractivity contribution in [3.63, 3.8) is 0 Å². The fourth-order valence-electron chi connectivity index (χ4n) is 5.52. The van der Waals surface area contributed by atoms with Crippen LogP contribution in [0.25, 0.3) is 22.2 Å². The average molecular weight is 569 g/mol. The Morgan fingerprint density at radius 1 is 0.976 bits per heavy atom. The monoisotopic (exact) mass is 568 g/mol. The molecule has 6 heterocycles. The summed E-state index contributed by atoms with van der Waals surface area (Å²) in [7, 11) is 0. The van der Waals surface area contributed by atoms with Gasteiger partial charge in [0.25, 0.3) is 0 Å². The Kier molecular flexibility index (Phi) is 6.53. The van der Waals surface area contributed by atoms with Gasteiger partial charge in [0, 0.05) is 54.6 Å². The van der Waals surface area contributed by atoms with Crippen molar-refractivity contribution in [1.82, 2.24) is 34.3 Å². The van der Waals surface area contributed by atoms with E-state index >= 15 is 0 Å². The summed E-state index contributed by atoms with van der Waals surface area (Å²) >= 11 is 0. The highest BCUT2D eigenvalue weighted by atomic mass is 19.1. The molecule has 2 aliphatic rings. The van der Waals surface area contributed by atoms with E-state index in [0.29, 0.717) is 36.7 Å². The van der Waals surface area contributed by atoms with Crippen molar-refractivity contribution in [2.75, 3.05) is 31.2 Å². The Morgan fingerprint density at radius 3 is 2.50 bits per heavy atom. The molecule has 0 spiro atoms. The summed E-state index contributed by atoms with van der Waals surface area (Å²) in [6, 6.07) is 7.62. The number of aliphatic hydroxyl groups is 2. The van der Waals surface area contributed by atoms with Gasteiger partial charge in [0.2, 0.25) is 0 Å². The van der Waals surface area contributed by atoms with Crippen LogP contribution in [-0.2, 0) is 10.3 Å². The summed E-state index contributed by atoms with van der Waals surface area (Å²) in [5.74, 6) is 1.08. The van der Waals surface area contributed by atoms with Crippen molar-refractivity contribution >= 4 is 16.9 Å². The molecule has 0 amide bonds. The summed E-state index contributed by atoms with van der Waals surface area (Å²) in [5, 5.41) is 30.1. The number of aliphatic hydroxyl groups excluding tert-OH is 1. The summed E-state index contributed by atoms with van der Waals surface area (Å²) in [4.78, 5) is 15.9. The predicted molar refractivity (Wildman–Crippen MR) is 152 cm³/mol. The van der Waals surface area contributed by atoms with Crippen LogP contribution in [0.4, 0.5) is 10.2 Å². The number of fused-ring (bicyclic) bond motifs is 1. The molecule has 1 fully saturated rings. The molecule has 2 N–H and O–H groups in total. The minimum absolute atomic E-state index is 0.191. The van der Waals surface area contributed by atoms with Gasteiger partial charge in [0.15, 0.2) is 11.6 Å². The first kappa shape index (κ1) is 26.4. The lowest BCUT2D eigenvalue weighted by atomic mass is 9.90. The number of halogens is 1. The molecule has 5 aromatic rings. The van der Waals surface area contributed by atoms with E-state index in [-0.39, 0.29) is 11.9 Å². The number of benzene rings is 1. The molecule has 0 aliphatic carbocycles. The van der Waals surface area contributed by atoms with Crippen LogP contribution in [0.2, 0.25) is 0 Å². The van der Waals surface area contributed by atoms with Crippen molar-refractivity contribution in [1.29, 1.82) is 0 Å². The maximum absolute atomic E-state index is 13.3. The third-order valence-electron chi connectivity index (χ3n) is 8.10. The van der Waals surface area contributed by atoms with Crippen LogP contribution in [0.5, 0.6) is 0 Å². The summed E-state index contributed by atoms with van der Waals surface area (Å²) < 4.78 is 22.3. The summed E-state index contributed by atoms with van der Waals surface area (Å²) in [5.41, 5.74) is 3.52. The van der Waals surface area contributed by atoms with Gasteiger partial charge in [-0.25, -0.2) is 23.9 Å². The molecular formula is C30H29FN8O3. The van der Waals surface area contributed by atoms with Gasteiger partial charge in [0.05, 0.1) is 19.4 Å². The maximum atomic E-state index is 13.3. The predicted octanol–water partition coefficient (Wildman–Crippen LogP) is 3.00. The molecule has 42 heavy (non-hydrogen) atoms. The molecule has 11 nitrogen and oxygen atoms in total. The molecule has 3 atom stereocenters. The third-order valence-corrected chi connectivity index (χ3v) is 8.10. The fourth-order valence-corrected chi connectivity index (χ4v) is 5.52. The van der Waals surface area contributed by atoms with Crippen molar-refractivity contribution < 1.29 is 19.3 Å². The summed E-state index contributed by atoms with van der Waals surface area (Å²) in [6.07, 6.45) is 12.7. The topological polar surface area (TPSA) is 127 Å². The Bertz CT molecular complexity index is 1760. The van der Waals surface area contributed by atoms with Gasteiger partial charge in [-0.05, 0) is 42.7 Å². The second-order valence-corrected chi connectivity index (χ2v) is 10.8. The van der Waals surface area contributed by atoms with E-state index in [4.69, 9.17) is 4.74 Å². The minimum atomic E-state index is -1.34. The number of rotatable bonds is 6. The molecule has 0 saturated carbocycles. The standard InChI is InChI=1S/C30H29FN8O3/c1-30(41,22-2-4-24(31)5-3-22)23-12-32-28(33-13-23)19-6-8-37(9-7-19)29-25-10-20(14-38(25)36-18-34-29)21-11-35-39(15-21)26-16-42-17-27(26)40/h2-6,10-15,18,26-27,40-41H,7-9,16-17H2,1H3/t26-,27+,30-/m0/s1. The van der Waals surface area contributed by atoms with Gasteiger partial charge >= 0.3 is 0 Å². The van der Waals surface area contributed by atoms with Gasteiger partial charge in [-0.3, -0.25) is 4.68 Å². The van der Waals surface area contributed by atoms with Crippen LogP contribution in [-0.4, -0.2) is 77.0 Å². The highest BCUT2D eigenvalue weighted by molar-refractivity contribution is 5.78. The van der Waals surface area contributed by atoms with E-state index in [2.05, 4.69) is 36.1 Å². The lowest BCUT2D eigenvalue weighted by Crippen LogP contribution is -2.30. The van der Waals surface area contributed by atoms with E-state index in [1.807, 2.05) is 23.0 Å². The van der Waals surface area contributed by atoms with Gasteiger partial charge in [-0.2, -0.15) is 10.2 Å². The van der Waals surface area contributed by atoms with E-state index in [0.717, 1.165) is 41.0 Å². The van der Waals surface area contributed by atoms with Gasteiger partial charge < -0.3 is 19.8 Å². The quantitative estimate of drug-likeness (QED) is 0.318. The van der Waals surface area contributed by atoms with Gasteiger partial charge in [-0.1, -0.05) is 18.2 Å². The number of anilines is 1. The van der Waals surface area contributed by atoms with E-state index in [9.17, 15) is 14.6 Å². The van der Waals surface area contributed by atoms with Gasteiger partial charge in [-0.15, -0.1) is 0 Å². The normalized spacial score (nSPS) is 20.6. The van der Waals surface area contributed by atoms with E-state index in [1.54, 1.807) is 48.7 Å². The number of aromatic nitrogens is 7. The highest BCUT2D eigenvalue weighted by Crippen LogP contribution is 2.32. The molecule has 7 rings (SSSR count). The first-order valence-corrected chi connectivity index (χ1v) is 13.8. The molecular weight excluding hydrogens is 539 g/mol. The molecule has 0 bridgehead atoms. The van der Waals surface area contributed by atoms with Gasteiger partial charge in [0.1, 0.15) is 35.4 Å². The van der Waals surface area contributed by atoms with Crippen LogP contribution in [0.3, 0.4) is 0 Å². The van der Waals surface area contributed by atoms with Crippen LogP contribution in [0.1, 0.15) is 36.3 Å². The Labute approximate surface area is 240 Å². The van der Waals surface area contributed by atoms with Crippen LogP contribution >= 0.6 is 0 Å². The number of nitrogens with zero attached hydrogens (tertiary/aromatic N) is 8. The van der Waals surface area contributed by atoms with E-state index < -0.39 is 11.7 Å². The molecule has 214 valence electrons. The molecule has 1 saturated heterocycles. The average Bonchev–Trinajstić information content (AvgIpc) is 3.77. The zero-order chi connectivity index (χ0) is 28.8. The first-order valence-electron chi connectivity index (χ1n) is 13.8. The Hall–Kier alpha value is -4.52.